The number of rotatable bonds is 6. The zero-order valence-electron chi connectivity index (χ0n) is 14.9. The molecule has 1 amide bonds. The first-order chi connectivity index (χ1) is 13.3. The lowest BCUT2D eigenvalue weighted by Gasteiger charge is -2.34. The van der Waals surface area contributed by atoms with Gasteiger partial charge in [-0.05, 0) is 17.5 Å². The van der Waals surface area contributed by atoms with Gasteiger partial charge >= 0.3 is 0 Å². The SMILES string of the molecule is O=C(NCC(c1cccs1)N1CCOCC1)c1cc(-c2ccccc2)n[nH]1. The summed E-state index contributed by atoms with van der Waals surface area (Å²) in [6, 6.07) is 16.0. The van der Waals surface area contributed by atoms with Crippen LogP contribution in [0.4, 0.5) is 0 Å². The molecule has 3 aromatic rings. The van der Waals surface area contributed by atoms with Gasteiger partial charge in [-0.15, -0.1) is 11.3 Å². The Balaban J connectivity index is 1.43. The Morgan fingerprint density at radius 1 is 1.22 bits per heavy atom. The van der Waals surface area contributed by atoms with E-state index in [1.54, 1.807) is 17.4 Å². The zero-order valence-corrected chi connectivity index (χ0v) is 15.7. The van der Waals surface area contributed by atoms with Crippen molar-refractivity contribution < 1.29 is 9.53 Å². The summed E-state index contributed by atoms with van der Waals surface area (Å²) >= 11 is 1.72. The standard InChI is InChI=1S/C20H22N4O2S/c25-20(17-13-16(22-23-17)15-5-2-1-3-6-15)21-14-18(19-7-4-12-27-19)24-8-10-26-11-9-24/h1-7,12-13,18H,8-11,14H2,(H,21,25)(H,22,23). The number of carbonyl (C=O) groups is 1. The number of hydrogen-bond acceptors (Lipinski definition) is 5. The second kappa shape index (κ2) is 8.47. The van der Waals surface area contributed by atoms with Crippen molar-refractivity contribution in [2.75, 3.05) is 32.8 Å². The van der Waals surface area contributed by atoms with Crippen LogP contribution < -0.4 is 5.32 Å². The Labute approximate surface area is 162 Å². The minimum atomic E-state index is -0.139. The van der Waals surface area contributed by atoms with E-state index in [9.17, 15) is 4.79 Å². The van der Waals surface area contributed by atoms with Crippen LogP contribution >= 0.6 is 11.3 Å². The number of thiophene rings is 1. The van der Waals surface area contributed by atoms with E-state index in [0.29, 0.717) is 12.2 Å². The third kappa shape index (κ3) is 4.27. The molecule has 2 N–H and O–H groups in total. The maximum atomic E-state index is 12.6. The Bertz CT molecular complexity index is 857. The molecule has 0 aliphatic carbocycles. The van der Waals surface area contributed by atoms with Gasteiger partial charge in [0.15, 0.2) is 0 Å². The minimum Gasteiger partial charge on any atom is -0.379 e. The molecule has 0 saturated carbocycles. The van der Waals surface area contributed by atoms with Gasteiger partial charge < -0.3 is 10.1 Å². The van der Waals surface area contributed by atoms with Crippen LogP contribution in [0.25, 0.3) is 11.3 Å². The monoisotopic (exact) mass is 382 g/mol. The Hall–Kier alpha value is -2.48. The van der Waals surface area contributed by atoms with Crippen LogP contribution in [0.15, 0.2) is 53.9 Å². The zero-order chi connectivity index (χ0) is 18.5. The Morgan fingerprint density at radius 3 is 2.78 bits per heavy atom. The van der Waals surface area contributed by atoms with Gasteiger partial charge in [0.05, 0.1) is 24.9 Å². The lowest BCUT2D eigenvalue weighted by atomic mass is 10.1. The number of ether oxygens (including phenoxy) is 1. The molecule has 2 aromatic heterocycles. The first kappa shape index (κ1) is 17.9. The number of nitrogens with zero attached hydrogens (tertiary/aromatic N) is 2. The van der Waals surface area contributed by atoms with Gasteiger partial charge in [0.2, 0.25) is 0 Å². The summed E-state index contributed by atoms with van der Waals surface area (Å²) in [6.45, 7) is 3.77. The molecule has 6 nitrogen and oxygen atoms in total. The molecule has 140 valence electrons. The highest BCUT2D eigenvalue weighted by atomic mass is 32.1. The molecular weight excluding hydrogens is 360 g/mol. The van der Waals surface area contributed by atoms with E-state index in [4.69, 9.17) is 4.74 Å². The first-order valence-corrected chi connectivity index (χ1v) is 9.93. The van der Waals surface area contributed by atoms with E-state index in [2.05, 4.69) is 37.9 Å². The van der Waals surface area contributed by atoms with Crippen molar-refractivity contribution in [2.24, 2.45) is 0 Å². The van der Waals surface area contributed by atoms with Crippen LogP contribution in [0.1, 0.15) is 21.4 Å². The lowest BCUT2D eigenvalue weighted by Crippen LogP contribution is -2.43. The summed E-state index contributed by atoms with van der Waals surface area (Å²) in [7, 11) is 0. The van der Waals surface area contributed by atoms with Crippen molar-refractivity contribution in [3.05, 3.63) is 64.5 Å². The molecule has 4 rings (SSSR count). The topological polar surface area (TPSA) is 70.2 Å². The van der Waals surface area contributed by atoms with E-state index >= 15 is 0 Å². The maximum Gasteiger partial charge on any atom is 0.269 e. The lowest BCUT2D eigenvalue weighted by molar-refractivity contribution is 0.0169. The summed E-state index contributed by atoms with van der Waals surface area (Å²) in [5.41, 5.74) is 2.22. The number of morpholine rings is 1. The number of nitrogens with one attached hydrogen (secondary N) is 2. The van der Waals surface area contributed by atoms with Gasteiger partial charge in [0.1, 0.15) is 5.69 Å². The second-order valence-electron chi connectivity index (χ2n) is 6.42. The molecule has 3 heterocycles. The molecule has 1 saturated heterocycles. The van der Waals surface area contributed by atoms with Crippen molar-refractivity contribution in [3.8, 4) is 11.3 Å². The van der Waals surface area contributed by atoms with E-state index in [0.717, 1.165) is 37.6 Å². The van der Waals surface area contributed by atoms with Gasteiger partial charge in [0, 0.05) is 30.1 Å². The number of carbonyl (C=O) groups excluding carboxylic acids is 1. The number of amides is 1. The summed E-state index contributed by atoms with van der Waals surface area (Å²) in [4.78, 5) is 16.3. The summed E-state index contributed by atoms with van der Waals surface area (Å²) in [5.74, 6) is -0.139. The molecular formula is C20H22N4O2S. The van der Waals surface area contributed by atoms with Gasteiger partial charge in [-0.2, -0.15) is 5.10 Å². The molecule has 0 radical (unpaired) electrons. The summed E-state index contributed by atoms with van der Waals surface area (Å²) in [6.07, 6.45) is 0. The highest BCUT2D eigenvalue weighted by Gasteiger charge is 2.24. The van der Waals surface area contributed by atoms with Gasteiger partial charge in [-0.1, -0.05) is 36.4 Å². The van der Waals surface area contributed by atoms with Crippen molar-refractivity contribution in [3.63, 3.8) is 0 Å². The predicted octanol–water partition coefficient (Wildman–Crippen LogP) is 2.94. The van der Waals surface area contributed by atoms with E-state index in [1.807, 2.05) is 30.3 Å². The molecule has 27 heavy (non-hydrogen) atoms. The fraction of sp³-hybridized carbons (Fsp3) is 0.300. The van der Waals surface area contributed by atoms with Crippen molar-refractivity contribution in [1.29, 1.82) is 0 Å². The maximum absolute atomic E-state index is 12.6. The number of aromatic nitrogens is 2. The number of hydrogen-bond donors (Lipinski definition) is 2. The van der Waals surface area contributed by atoms with Gasteiger partial charge in [-0.3, -0.25) is 14.8 Å². The molecule has 1 aliphatic heterocycles. The van der Waals surface area contributed by atoms with Crippen LogP contribution in [0.3, 0.4) is 0 Å². The van der Waals surface area contributed by atoms with Crippen molar-refractivity contribution >= 4 is 17.2 Å². The molecule has 1 unspecified atom stereocenters. The molecule has 7 heteroatoms. The fourth-order valence-electron chi connectivity index (χ4n) is 3.26. The third-order valence-corrected chi connectivity index (χ3v) is 5.68. The highest BCUT2D eigenvalue weighted by Crippen LogP contribution is 2.25. The van der Waals surface area contributed by atoms with E-state index in [1.165, 1.54) is 4.88 Å². The van der Waals surface area contributed by atoms with Gasteiger partial charge in [-0.25, -0.2) is 0 Å². The van der Waals surface area contributed by atoms with Crippen LogP contribution in [0.2, 0.25) is 0 Å². The largest absolute Gasteiger partial charge is 0.379 e. The van der Waals surface area contributed by atoms with Crippen molar-refractivity contribution in [2.45, 2.75) is 6.04 Å². The summed E-state index contributed by atoms with van der Waals surface area (Å²) in [5, 5.41) is 12.3. The highest BCUT2D eigenvalue weighted by molar-refractivity contribution is 7.10. The van der Waals surface area contributed by atoms with Crippen LogP contribution in [0.5, 0.6) is 0 Å². The smallest absolute Gasteiger partial charge is 0.269 e. The van der Waals surface area contributed by atoms with Crippen LogP contribution in [-0.4, -0.2) is 53.9 Å². The van der Waals surface area contributed by atoms with Crippen LogP contribution in [0, 0.1) is 0 Å². The Kier molecular flexibility index (Phi) is 5.62. The molecule has 1 aliphatic rings. The third-order valence-electron chi connectivity index (χ3n) is 4.71. The normalized spacial score (nSPS) is 16.1. The minimum absolute atomic E-state index is 0.139. The number of benzene rings is 1. The number of H-pyrrole nitrogens is 1. The van der Waals surface area contributed by atoms with Crippen molar-refractivity contribution in [1.82, 2.24) is 20.4 Å². The average molecular weight is 382 g/mol. The second-order valence-corrected chi connectivity index (χ2v) is 7.40. The average Bonchev–Trinajstić information content (AvgIpc) is 3.42. The number of aromatic amines is 1. The fourth-order valence-corrected chi connectivity index (χ4v) is 4.12. The molecule has 1 aromatic carbocycles. The summed E-state index contributed by atoms with van der Waals surface area (Å²) < 4.78 is 5.47. The quantitative estimate of drug-likeness (QED) is 0.688. The molecule has 0 bridgehead atoms. The Morgan fingerprint density at radius 2 is 2.04 bits per heavy atom. The first-order valence-electron chi connectivity index (χ1n) is 9.05. The van der Waals surface area contributed by atoms with Gasteiger partial charge in [0.25, 0.3) is 5.91 Å². The molecule has 0 spiro atoms. The van der Waals surface area contributed by atoms with E-state index < -0.39 is 0 Å². The van der Waals surface area contributed by atoms with E-state index in [-0.39, 0.29) is 11.9 Å². The van der Waals surface area contributed by atoms with Crippen LogP contribution in [-0.2, 0) is 4.74 Å². The molecule has 1 fully saturated rings. The molecule has 1 atom stereocenters. The predicted molar refractivity (Wildman–Crippen MR) is 106 cm³/mol.